The van der Waals surface area contributed by atoms with Gasteiger partial charge >= 0.3 is 0 Å². The van der Waals surface area contributed by atoms with Crippen LogP contribution in [0.4, 0.5) is 0 Å². The van der Waals surface area contributed by atoms with E-state index < -0.39 is 6.23 Å². The maximum Gasteiger partial charge on any atom is 0.102 e. The van der Waals surface area contributed by atoms with E-state index in [0.717, 1.165) is 12.8 Å². The molecular formula is C18H27NO. The lowest BCUT2D eigenvalue weighted by atomic mass is 9.93. The molecular weight excluding hydrogens is 246 g/mol. The quantitative estimate of drug-likeness (QED) is 0.802. The van der Waals surface area contributed by atoms with E-state index >= 15 is 0 Å². The van der Waals surface area contributed by atoms with Crippen molar-refractivity contribution in [1.29, 1.82) is 0 Å². The van der Waals surface area contributed by atoms with Crippen LogP contribution in [0.5, 0.6) is 0 Å². The number of fused-ring (bicyclic) bond motifs is 1. The first-order valence-corrected chi connectivity index (χ1v) is 7.71. The molecule has 2 nitrogen and oxygen atoms in total. The molecule has 110 valence electrons. The molecule has 3 atom stereocenters. The van der Waals surface area contributed by atoms with Gasteiger partial charge in [-0.05, 0) is 47.6 Å². The van der Waals surface area contributed by atoms with Gasteiger partial charge in [0.05, 0.1) is 0 Å². The minimum atomic E-state index is -0.458. The average Bonchev–Trinajstić information content (AvgIpc) is 2.37. The van der Waals surface area contributed by atoms with Crippen LogP contribution in [-0.2, 0) is 6.42 Å². The summed E-state index contributed by atoms with van der Waals surface area (Å²) in [5, 5.41) is 15.5. The summed E-state index contributed by atoms with van der Waals surface area (Å²) in [5.74, 6) is 1.14. The highest BCUT2D eigenvalue weighted by atomic mass is 16.3. The van der Waals surface area contributed by atoms with Crippen LogP contribution in [-0.4, -0.2) is 17.4 Å². The Labute approximate surface area is 122 Å². The summed E-state index contributed by atoms with van der Waals surface area (Å²) in [6.45, 7) is 8.43. The lowest BCUT2D eigenvalue weighted by Crippen LogP contribution is -2.41. The molecule has 0 fully saturated rings. The summed E-state index contributed by atoms with van der Waals surface area (Å²) in [4.78, 5) is 0. The van der Waals surface area contributed by atoms with Gasteiger partial charge < -0.3 is 5.11 Å². The molecule has 0 heterocycles. The normalized spacial score (nSPS) is 20.8. The van der Waals surface area contributed by atoms with E-state index in [2.05, 4.69) is 56.4 Å². The molecule has 2 N–H and O–H groups in total. The fourth-order valence-electron chi connectivity index (χ4n) is 2.82. The van der Waals surface area contributed by atoms with Gasteiger partial charge in [0, 0.05) is 6.04 Å². The van der Waals surface area contributed by atoms with E-state index in [9.17, 15) is 5.11 Å². The van der Waals surface area contributed by atoms with Gasteiger partial charge in [-0.2, -0.15) is 0 Å². The zero-order valence-electron chi connectivity index (χ0n) is 13.1. The topological polar surface area (TPSA) is 32.3 Å². The van der Waals surface area contributed by atoms with Gasteiger partial charge in [0.25, 0.3) is 0 Å². The minimum absolute atomic E-state index is 0.305. The van der Waals surface area contributed by atoms with Gasteiger partial charge in [-0.25, -0.2) is 0 Å². The number of aliphatic hydroxyl groups excluding tert-OH is 1. The van der Waals surface area contributed by atoms with Crippen molar-refractivity contribution in [1.82, 2.24) is 5.32 Å². The van der Waals surface area contributed by atoms with Crippen molar-refractivity contribution in [2.24, 2.45) is 11.8 Å². The third-order valence-electron chi connectivity index (χ3n) is 4.04. The summed E-state index contributed by atoms with van der Waals surface area (Å²) in [5.41, 5.74) is 1.34. The van der Waals surface area contributed by atoms with E-state index in [4.69, 9.17) is 0 Å². The molecule has 2 heteroatoms. The van der Waals surface area contributed by atoms with E-state index in [1.165, 1.54) is 16.0 Å². The minimum Gasteiger partial charge on any atom is -0.379 e. The van der Waals surface area contributed by atoms with Crippen LogP contribution < -0.4 is 15.8 Å². The Kier molecular flexibility index (Phi) is 5.00. The van der Waals surface area contributed by atoms with Crippen molar-refractivity contribution < 1.29 is 5.11 Å². The Morgan fingerprint density at radius 1 is 1.25 bits per heavy atom. The molecule has 0 aromatic heterocycles. The number of hydrogen-bond donors (Lipinski definition) is 2. The Bertz CT molecular complexity index is 559. The fraction of sp³-hybridized carbons (Fsp3) is 0.556. The summed E-state index contributed by atoms with van der Waals surface area (Å²) < 4.78 is 0. The van der Waals surface area contributed by atoms with Crippen LogP contribution in [0.15, 0.2) is 18.2 Å². The molecule has 0 aliphatic heterocycles. The second kappa shape index (κ2) is 6.55. The number of rotatable bonds is 5. The maximum absolute atomic E-state index is 9.55. The van der Waals surface area contributed by atoms with Crippen molar-refractivity contribution >= 4 is 12.2 Å². The van der Waals surface area contributed by atoms with Gasteiger partial charge in [-0.15, -0.1) is 0 Å². The highest BCUT2D eigenvalue weighted by molar-refractivity contribution is 5.41. The molecule has 1 aromatic carbocycles. The molecule has 20 heavy (non-hydrogen) atoms. The molecule has 2 unspecified atom stereocenters. The van der Waals surface area contributed by atoms with Crippen LogP contribution in [0.3, 0.4) is 0 Å². The number of nitrogens with one attached hydrogen (secondary N) is 1. The summed E-state index contributed by atoms with van der Waals surface area (Å²) >= 11 is 0. The van der Waals surface area contributed by atoms with E-state index in [-0.39, 0.29) is 0 Å². The SMILES string of the molecule is CC1C=c2ccc(C[C@@H](NC(C)O)C(C)C)cc2=CC1. The van der Waals surface area contributed by atoms with Crippen molar-refractivity contribution in [3.63, 3.8) is 0 Å². The van der Waals surface area contributed by atoms with Crippen molar-refractivity contribution in [2.45, 2.75) is 52.8 Å². The predicted octanol–water partition coefficient (Wildman–Crippen LogP) is 1.78. The van der Waals surface area contributed by atoms with Crippen molar-refractivity contribution in [3.05, 3.63) is 34.2 Å². The number of aliphatic hydroxyl groups is 1. The highest BCUT2D eigenvalue weighted by Gasteiger charge is 2.15. The van der Waals surface area contributed by atoms with Crippen molar-refractivity contribution in [3.8, 4) is 0 Å². The molecule has 1 aliphatic carbocycles. The molecule has 1 aromatic rings. The lowest BCUT2D eigenvalue weighted by molar-refractivity contribution is 0.129. The third kappa shape index (κ3) is 3.94. The smallest absolute Gasteiger partial charge is 0.102 e. The maximum atomic E-state index is 9.55. The van der Waals surface area contributed by atoms with E-state index in [1.807, 2.05) is 0 Å². The number of hydrogen-bond acceptors (Lipinski definition) is 2. The standard InChI is InChI=1S/C18H27NO/c1-12(2)18(19-14(4)20)11-15-6-8-16-9-13(3)5-7-17(16)10-15/h6-10,12-14,18-20H,5,11H2,1-4H3/t13?,14?,18-/m1/s1. The first-order valence-electron chi connectivity index (χ1n) is 7.71. The Morgan fingerprint density at radius 2 is 2.00 bits per heavy atom. The molecule has 2 rings (SSSR count). The largest absolute Gasteiger partial charge is 0.379 e. The van der Waals surface area contributed by atoms with Crippen LogP contribution in [0.1, 0.15) is 39.7 Å². The molecule has 0 radical (unpaired) electrons. The average molecular weight is 273 g/mol. The number of benzene rings is 1. The van der Waals surface area contributed by atoms with Gasteiger partial charge in [-0.3, -0.25) is 5.32 Å². The van der Waals surface area contributed by atoms with E-state index in [0.29, 0.717) is 17.9 Å². The van der Waals surface area contributed by atoms with Gasteiger partial charge in [0.1, 0.15) is 6.23 Å². The summed E-state index contributed by atoms with van der Waals surface area (Å²) in [7, 11) is 0. The zero-order chi connectivity index (χ0) is 14.7. The fourth-order valence-corrected chi connectivity index (χ4v) is 2.82. The lowest BCUT2D eigenvalue weighted by Gasteiger charge is -2.24. The zero-order valence-corrected chi connectivity index (χ0v) is 13.1. The monoisotopic (exact) mass is 273 g/mol. The van der Waals surface area contributed by atoms with Crippen molar-refractivity contribution in [2.75, 3.05) is 0 Å². The highest BCUT2D eigenvalue weighted by Crippen LogP contribution is 2.11. The second-order valence-electron chi connectivity index (χ2n) is 6.44. The molecule has 0 spiro atoms. The Morgan fingerprint density at radius 3 is 2.65 bits per heavy atom. The van der Waals surface area contributed by atoms with Crippen LogP contribution >= 0.6 is 0 Å². The Hall–Kier alpha value is -1.12. The molecule has 0 saturated heterocycles. The van der Waals surface area contributed by atoms with E-state index in [1.54, 1.807) is 6.92 Å². The molecule has 0 amide bonds. The summed E-state index contributed by atoms with van der Waals surface area (Å²) in [6.07, 6.45) is 6.33. The molecule has 1 aliphatic rings. The predicted molar refractivity (Wildman–Crippen MR) is 85.5 cm³/mol. The summed E-state index contributed by atoms with van der Waals surface area (Å²) in [6, 6.07) is 7.06. The first kappa shape index (κ1) is 15.3. The van der Waals surface area contributed by atoms with Gasteiger partial charge in [0.15, 0.2) is 0 Å². The van der Waals surface area contributed by atoms with Crippen LogP contribution in [0, 0.1) is 11.8 Å². The van der Waals surface area contributed by atoms with Crippen LogP contribution in [0.25, 0.3) is 12.2 Å². The Balaban J connectivity index is 2.20. The molecule has 0 bridgehead atoms. The second-order valence-corrected chi connectivity index (χ2v) is 6.44. The first-order chi connectivity index (χ1) is 9.45. The van der Waals surface area contributed by atoms with Crippen LogP contribution in [0.2, 0.25) is 0 Å². The van der Waals surface area contributed by atoms with Gasteiger partial charge in [-0.1, -0.05) is 51.1 Å². The third-order valence-corrected chi connectivity index (χ3v) is 4.04. The van der Waals surface area contributed by atoms with Gasteiger partial charge in [0.2, 0.25) is 0 Å². The molecule has 0 saturated carbocycles.